The lowest BCUT2D eigenvalue weighted by molar-refractivity contribution is -0.129. The molecule has 0 fully saturated rings. The maximum Gasteiger partial charge on any atom is 0.225 e. The van der Waals surface area contributed by atoms with E-state index in [-0.39, 0.29) is 17.4 Å². The molecule has 0 aromatic heterocycles. The van der Waals surface area contributed by atoms with E-state index in [2.05, 4.69) is 24.4 Å². The van der Waals surface area contributed by atoms with Crippen LogP contribution in [-0.2, 0) is 4.79 Å². The molecule has 2 nitrogen and oxygen atoms in total. The van der Waals surface area contributed by atoms with Crippen LogP contribution in [0.4, 0.5) is 0 Å². The molecule has 0 saturated carbocycles. The Morgan fingerprint density at radius 1 is 1.24 bits per heavy atom. The van der Waals surface area contributed by atoms with Gasteiger partial charge in [-0.3, -0.25) is 4.79 Å². The van der Waals surface area contributed by atoms with Crippen molar-refractivity contribution >= 4 is 5.91 Å². The summed E-state index contributed by atoms with van der Waals surface area (Å²) in [6, 6.07) is 10.3. The van der Waals surface area contributed by atoms with E-state index in [4.69, 9.17) is 0 Å². The number of carbonyl (C=O) groups is 1. The smallest absolute Gasteiger partial charge is 0.225 e. The first-order valence-electron chi connectivity index (χ1n) is 6.31. The lowest BCUT2D eigenvalue weighted by Gasteiger charge is -2.24. The summed E-state index contributed by atoms with van der Waals surface area (Å²) in [5.74, 6) is 0.111. The van der Waals surface area contributed by atoms with Crippen LogP contribution in [0.15, 0.2) is 30.3 Å². The van der Waals surface area contributed by atoms with Crippen LogP contribution in [0.3, 0.4) is 0 Å². The number of rotatable bonds is 4. The number of hydrogen-bond donors (Lipinski definition) is 1. The van der Waals surface area contributed by atoms with Crippen molar-refractivity contribution in [3.63, 3.8) is 0 Å². The average molecular weight is 233 g/mol. The predicted molar refractivity (Wildman–Crippen MR) is 71.7 cm³/mol. The lowest BCUT2D eigenvalue weighted by atomic mass is 9.93. The fourth-order valence-electron chi connectivity index (χ4n) is 1.67. The molecule has 2 heteroatoms. The maximum atomic E-state index is 12.0. The Kier molecular flexibility index (Phi) is 4.73. The zero-order valence-corrected chi connectivity index (χ0v) is 11.3. The molecule has 17 heavy (non-hydrogen) atoms. The van der Waals surface area contributed by atoms with Gasteiger partial charge in [0.2, 0.25) is 5.91 Å². The monoisotopic (exact) mass is 233 g/mol. The summed E-state index contributed by atoms with van der Waals surface area (Å²) in [4.78, 5) is 12.0. The summed E-state index contributed by atoms with van der Waals surface area (Å²) in [6.45, 7) is 7.96. The Labute approximate surface area is 104 Å². The molecule has 1 aromatic rings. The molecule has 0 spiro atoms. The van der Waals surface area contributed by atoms with E-state index in [1.807, 2.05) is 39.0 Å². The van der Waals surface area contributed by atoms with Gasteiger partial charge in [0.05, 0.1) is 6.04 Å². The highest BCUT2D eigenvalue weighted by Crippen LogP contribution is 2.21. The summed E-state index contributed by atoms with van der Waals surface area (Å²) < 4.78 is 0. The van der Waals surface area contributed by atoms with E-state index in [0.717, 1.165) is 12.8 Å². The summed E-state index contributed by atoms with van der Waals surface area (Å²) in [6.07, 6.45) is 2.04. The Bertz CT molecular complexity index is 351. The second-order valence-corrected chi connectivity index (χ2v) is 5.48. The van der Waals surface area contributed by atoms with E-state index in [9.17, 15) is 4.79 Å². The fraction of sp³-hybridized carbons (Fsp3) is 0.533. The number of benzene rings is 1. The molecular formula is C15H23NO. The number of carbonyl (C=O) groups excluding carboxylic acids is 1. The first kappa shape index (κ1) is 13.8. The molecule has 1 amide bonds. The van der Waals surface area contributed by atoms with E-state index in [1.165, 1.54) is 5.56 Å². The Morgan fingerprint density at radius 2 is 1.82 bits per heavy atom. The van der Waals surface area contributed by atoms with Crippen LogP contribution in [-0.4, -0.2) is 5.91 Å². The molecular weight excluding hydrogens is 210 g/mol. The van der Waals surface area contributed by atoms with Crippen LogP contribution in [0.1, 0.15) is 52.1 Å². The Hall–Kier alpha value is -1.31. The zero-order chi connectivity index (χ0) is 12.9. The van der Waals surface area contributed by atoms with Crippen molar-refractivity contribution in [1.29, 1.82) is 0 Å². The van der Waals surface area contributed by atoms with Crippen LogP contribution in [0.5, 0.6) is 0 Å². The van der Waals surface area contributed by atoms with Gasteiger partial charge in [0.15, 0.2) is 0 Å². The maximum absolute atomic E-state index is 12.0. The minimum atomic E-state index is -0.333. The molecule has 1 N–H and O–H groups in total. The van der Waals surface area contributed by atoms with Crippen LogP contribution in [0, 0.1) is 5.41 Å². The van der Waals surface area contributed by atoms with Gasteiger partial charge in [-0.05, 0) is 12.0 Å². The highest BCUT2D eigenvalue weighted by atomic mass is 16.2. The van der Waals surface area contributed by atoms with Gasteiger partial charge in [-0.2, -0.15) is 0 Å². The largest absolute Gasteiger partial charge is 0.349 e. The quantitative estimate of drug-likeness (QED) is 0.844. The van der Waals surface area contributed by atoms with Crippen molar-refractivity contribution in [1.82, 2.24) is 5.32 Å². The summed E-state index contributed by atoms with van der Waals surface area (Å²) in [5.41, 5.74) is 0.854. The molecule has 1 aromatic carbocycles. The van der Waals surface area contributed by atoms with E-state index in [0.29, 0.717) is 0 Å². The molecule has 0 heterocycles. The molecule has 1 unspecified atom stereocenters. The van der Waals surface area contributed by atoms with Crippen LogP contribution >= 0.6 is 0 Å². The lowest BCUT2D eigenvalue weighted by Crippen LogP contribution is -2.37. The van der Waals surface area contributed by atoms with E-state index >= 15 is 0 Å². The first-order chi connectivity index (χ1) is 7.95. The first-order valence-corrected chi connectivity index (χ1v) is 6.31. The van der Waals surface area contributed by atoms with Gasteiger partial charge in [0.25, 0.3) is 0 Å². The molecule has 0 bridgehead atoms. The van der Waals surface area contributed by atoms with Gasteiger partial charge in [0, 0.05) is 5.41 Å². The third-order valence-corrected chi connectivity index (χ3v) is 2.77. The Balaban J connectivity index is 2.78. The van der Waals surface area contributed by atoms with Crippen LogP contribution in [0.2, 0.25) is 0 Å². The summed E-state index contributed by atoms with van der Waals surface area (Å²) >= 11 is 0. The van der Waals surface area contributed by atoms with Crippen molar-refractivity contribution in [3.05, 3.63) is 35.9 Å². The molecule has 0 radical (unpaired) electrons. The topological polar surface area (TPSA) is 29.1 Å². The van der Waals surface area contributed by atoms with E-state index < -0.39 is 0 Å². The minimum Gasteiger partial charge on any atom is -0.349 e. The van der Waals surface area contributed by atoms with Crippen molar-refractivity contribution in [2.45, 2.75) is 46.6 Å². The highest BCUT2D eigenvalue weighted by molar-refractivity contribution is 5.81. The second-order valence-electron chi connectivity index (χ2n) is 5.48. The Morgan fingerprint density at radius 3 is 2.29 bits per heavy atom. The molecule has 1 rings (SSSR count). The molecule has 0 aliphatic rings. The van der Waals surface area contributed by atoms with Crippen molar-refractivity contribution in [3.8, 4) is 0 Å². The number of amides is 1. The zero-order valence-electron chi connectivity index (χ0n) is 11.3. The second kappa shape index (κ2) is 5.85. The van der Waals surface area contributed by atoms with Gasteiger partial charge < -0.3 is 5.32 Å². The van der Waals surface area contributed by atoms with Gasteiger partial charge >= 0.3 is 0 Å². The normalized spacial score (nSPS) is 13.2. The standard InChI is InChI=1S/C15H23NO/c1-5-9-13(12-10-7-6-8-11-12)16-14(17)15(2,3)4/h6-8,10-11,13H,5,9H2,1-4H3,(H,16,17). The van der Waals surface area contributed by atoms with Gasteiger partial charge in [-0.25, -0.2) is 0 Å². The van der Waals surface area contributed by atoms with Gasteiger partial charge in [-0.1, -0.05) is 64.4 Å². The van der Waals surface area contributed by atoms with Gasteiger partial charge in [0.1, 0.15) is 0 Å². The van der Waals surface area contributed by atoms with Crippen LogP contribution < -0.4 is 5.32 Å². The molecule has 1 atom stereocenters. The van der Waals surface area contributed by atoms with Crippen molar-refractivity contribution in [2.24, 2.45) is 5.41 Å². The molecule has 0 aliphatic heterocycles. The average Bonchev–Trinajstić information content (AvgIpc) is 2.28. The third kappa shape index (κ3) is 4.22. The predicted octanol–water partition coefficient (Wildman–Crippen LogP) is 3.69. The number of hydrogen-bond acceptors (Lipinski definition) is 1. The SMILES string of the molecule is CCCC(NC(=O)C(C)(C)C)c1ccccc1. The molecule has 0 saturated heterocycles. The highest BCUT2D eigenvalue weighted by Gasteiger charge is 2.24. The fourth-order valence-corrected chi connectivity index (χ4v) is 1.67. The number of nitrogens with one attached hydrogen (secondary N) is 1. The van der Waals surface area contributed by atoms with Gasteiger partial charge in [-0.15, -0.1) is 0 Å². The minimum absolute atomic E-state index is 0.111. The van der Waals surface area contributed by atoms with Crippen molar-refractivity contribution < 1.29 is 4.79 Å². The molecule has 0 aliphatic carbocycles. The van der Waals surface area contributed by atoms with Crippen LogP contribution in [0.25, 0.3) is 0 Å². The molecule has 94 valence electrons. The summed E-state index contributed by atoms with van der Waals surface area (Å²) in [5, 5.41) is 3.14. The third-order valence-electron chi connectivity index (χ3n) is 2.77. The van der Waals surface area contributed by atoms with Crippen molar-refractivity contribution in [2.75, 3.05) is 0 Å². The summed E-state index contributed by atoms with van der Waals surface area (Å²) in [7, 11) is 0. The van der Waals surface area contributed by atoms with E-state index in [1.54, 1.807) is 0 Å².